The van der Waals surface area contributed by atoms with Crippen LogP contribution in [0.3, 0.4) is 0 Å². The smallest absolute Gasteiger partial charge is 0.0621 e. The molecule has 2 nitrogen and oxygen atoms in total. The second-order valence-corrected chi connectivity index (χ2v) is 4.51. The summed E-state index contributed by atoms with van der Waals surface area (Å²) >= 11 is 0. The van der Waals surface area contributed by atoms with Crippen LogP contribution in [0.15, 0.2) is 0 Å². The normalized spacial score (nSPS) is 12.3. The lowest BCUT2D eigenvalue weighted by atomic mass is 10.3. The van der Waals surface area contributed by atoms with Crippen molar-refractivity contribution in [2.45, 2.75) is 39.0 Å². The minimum absolute atomic E-state index is 0.602. The van der Waals surface area contributed by atoms with Gasteiger partial charge in [0.25, 0.3) is 0 Å². The van der Waals surface area contributed by atoms with Crippen molar-refractivity contribution in [3.63, 3.8) is 0 Å². The molecule has 0 amide bonds. The second kappa shape index (κ2) is 8.73. The number of unbranched alkanes of at least 4 members (excludes halogenated alkanes) is 3. The maximum atomic E-state index is 11.2. The van der Waals surface area contributed by atoms with Gasteiger partial charge in [0.1, 0.15) is 0 Å². The molecule has 12 heavy (non-hydrogen) atoms. The van der Waals surface area contributed by atoms with Crippen LogP contribution in [-0.4, -0.2) is 15.7 Å². The van der Waals surface area contributed by atoms with E-state index in [0.29, 0.717) is 6.42 Å². The minimum atomic E-state index is -0.633. The zero-order valence-corrected chi connectivity index (χ0v) is 8.53. The van der Waals surface area contributed by atoms with Gasteiger partial charge < -0.3 is 0 Å². The van der Waals surface area contributed by atoms with Gasteiger partial charge in [0.05, 0.1) is 6.07 Å². The van der Waals surface area contributed by atoms with E-state index in [0.717, 1.165) is 37.2 Å². The molecule has 0 spiro atoms. The lowest BCUT2D eigenvalue weighted by molar-refractivity contribution is 0.674. The molecule has 0 aromatic heterocycles. The highest BCUT2D eigenvalue weighted by Crippen LogP contribution is 1.98. The molecule has 70 valence electrons. The number of nitrogens with zero attached hydrogens (tertiary/aromatic N) is 1. The van der Waals surface area contributed by atoms with Gasteiger partial charge in [-0.25, -0.2) is 0 Å². The first-order valence-corrected chi connectivity index (χ1v) is 6.02. The van der Waals surface area contributed by atoms with Crippen molar-refractivity contribution < 1.29 is 4.21 Å². The molecular formula is C9H17NOS. The molecule has 0 heterocycles. The number of hydrogen-bond acceptors (Lipinski definition) is 2. The summed E-state index contributed by atoms with van der Waals surface area (Å²) in [5.74, 6) is 1.62. The fourth-order valence-corrected chi connectivity index (χ4v) is 2.22. The van der Waals surface area contributed by atoms with Gasteiger partial charge in [0.15, 0.2) is 0 Å². The van der Waals surface area contributed by atoms with Crippen LogP contribution in [0.25, 0.3) is 0 Å². The predicted octanol–water partition coefficient (Wildman–Crippen LogP) is 2.23. The van der Waals surface area contributed by atoms with E-state index in [1.54, 1.807) is 0 Å². The van der Waals surface area contributed by atoms with E-state index in [1.165, 1.54) is 0 Å². The van der Waals surface area contributed by atoms with Gasteiger partial charge in [-0.2, -0.15) is 5.26 Å². The van der Waals surface area contributed by atoms with E-state index in [1.807, 2.05) is 0 Å². The molecule has 1 unspecified atom stereocenters. The monoisotopic (exact) mass is 187 g/mol. The Hall–Kier alpha value is -0.360. The molecule has 0 bridgehead atoms. The molecule has 1 atom stereocenters. The first-order valence-electron chi connectivity index (χ1n) is 4.53. The predicted molar refractivity (Wildman–Crippen MR) is 52.2 cm³/mol. The molecule has 0 aromatic carbocycles. The largest absolute Gasteiger partial charge is 0.260 e. The molecule has 0 fully saturated rings. The average Bonchev–Trinajstić information content (AvgIpc) is 2.09. The Morgan fingerprint density at radius 3 is 2.50 bits per heavy atom. The molecule has 0 saturated carbocycles. The Balaban J connectivity index is 3.15. The van der Waals surface area contributed by atoms with Crippen LogP contribution in [0.5, 0.6) is 0 Å². The Bertz CT molecular complexity index is 162. The highest BCUT2D eigenvalue weighted by molar-refractivity contribution is 7.84. The third-order valence-corrected chi connectivity index (χ3v) is 3.12. The summed E-state index contributed by atoms with van der Waals surface area (Å²) < 4.78 is 11.2. The van der Waals surface area contributed by atoms with E-state index in [-0.39, 0.29) is 0 Å². The van der Waals surface area contributed by atoms with Crippen molar-refractivity contribution >= 4 is 10.8 Å². The lowest BCUT2D eigenvalue weighted by Crippen LogP contribution is -2.02. The van der Waals surface area contributed by atoms with Gasteiger partial charge in [-0.05, 0) is 19.3 Å². The molecule has 0 aliphatic carbocycles. The average molecular weight is 187 g/mol. The van der Waals surface area contributed by atoms with E-state index < -0.39 is 10.8 Å². The molecule has 0 saturated heterocycles. The van der Waals surface area contributed by atoms with Crippen molar-refractivity contribution in [2.75, 3.05) is 11.5 Å². The van der Waals surface area contributed by atoms with Crippen LogP contribution in [0, 0.1) is 11.3 Å². The van der Waals surface area contributed by atoms with Gasteiger partial charge in [-0.1, -0.05) is 13.3 Å². The fourth-order valence-electron chi connectivity index (χ4n) is 0.874. The van der Waals surface area contributed by atoms with E-state index >= 15 is 0 Å². The highest BCUT2D eigenvalue weighted by atomic mass is 32.2. The van der Waals surface area contributed by atoms with Gasteiger partial charge in [-0.3, -0.25) is 4.21 Å². The summed E-state index contributed by atoms with van der Waals surface area (Å²) in [6.45, 7) is 2.10. The zero-order valence-electron chi connectivity index (χ0n) is 7.71. The van der Waals surface area contributed by atoms with Gasteiger partial charge in [-0.15, -0.1) is 0 Å². The Labute approximate surface area is 77.4 Å². The molecule has 3 heteroatoms. The maximum absolute atomic E-state index is 11.2. The summed E-state index contributed by atoms with van der Waals surface area (Å²) in [7, 11) is -0.633. The summed E-state index contributed by atoms with van der Waals surface area (Å²) in [5, 5.41) is 8.25. The van der Waals surface area contributed by atoms with Crippen molar-refractivity contribution in [2.24, 2.45) is 0 Å². The van der Waals surface area contributed by atoms with Gasteiger partial charge in [0, 0.05) is 28.7 Å². The first-order chi connectivity index (χ1) is 5.81. The van der Waals surface area contributed by atoms with Gasteiger partial charge in [0.2, 0.25) is 0 Å². The van der Waals surface area contributed by atoms with Crippen LogP contribution in [0.4, 0.5) is 0 Å². The third kappa shape index (κ3) is 7.74. The molecule has 0 aliphatic rings. The van der Waals surface area contributed by atoms with E-state index in [2.05, 4.69) is 13.0 Å². The quantitative estimate of drug-likeness (QED) is 0.573. The summed E-state index contributed by atoms with van der Waals surface area (Å²) in [6, 6.07) is 2.09. The molecular weight excluding hydrogens is 170 g/mol. The minimum Gasteiger partial charge on any atom is -0.260 e. The third-order valence-electron chi connectivity index (χ3n) is 1.64. The summed E-state index contributed by atoms with van der Waals surface area (Å²) in [4.78, 5) is 0. The fraction of sp³-hybridized carbons (Fsp3) is 0.889. The highest BCUT2D eigenvalue weighted by Gasteiger charge is 1.97. The Morgan fingerprint density at radius 1 is 1.25 bits per heavy atom. The molecule has 0 aliphatic heterocycles. The maximum Gasteiger partial charge on any atom is 0.0621 e. The lowest BCUT2D eigenvalue weighted by Gasteiger charge is -1.98. The molecule has 0 radical (unpaired) electrons. The van der Waals surface area contributed by atoms with Crippen LogP contribution in [0.2, 0.25) is 0 Å². The van der Waals surface area contributed by atoms with Crippen molar-refractivity contribution in [3.8, 4) is 6.07 Å². The summed E-state index contributed by atoms with van der Waals surface area (Å²) in [5.41, 5.74) is 0. The van der Waals surface area contributed by atoms with E-state index in [4.69, 9.17) is 5.26 Å². The van der Waals surface area contributed by atoms with E-state index in [9.17, 15) is 4.21 Å². The molecule has 0 N–H and O–H groups in total. The molecule has 0 aromatic rings. The number of hydrogen-bond donors (Lipinski definition) is 0. The Morgan fingerprint density at radius 2 is 1.92 bits per heavy atom. The van der Waals surface area contributed by atoms with Crippen LogP contribution in [0.1, 0.15) is 39.0 Å². The van der Waals surface area contributed by atoms with Crippen molar-refractivity contribution in [1.82, 2.24) is 0 Å². The van der Waals surface area contributed by atoms with Crippen LogP contribution < -0.4 is 0 Å². The number of nitriles is 1. The molecule has 0 rings (SSSR count). The Kier molecular flexibility index (Phi) is 8.47. The van der Waals surface area contributed by atoms with Crippen LogP contribution >= 0.6 is 0 Å². The van der Waals surface area contributed by atoms with Crippen molar-refractivity contribution in [1.29, 1.82) is 5.26 Å². The van der Waals surface area contributed by atoms with Gasteiger partial charge >= 0.3 is 0 Å². The second-order valence-electron chi connectivity index (χ2n) is 2.82. The van der Waals surface area contributed by atoms with Crippen LogP contribution in [-0.2, 0) is 10.8 Å². The van der Waals surface area contributed by atoms with Crippen molar-refractivity contribution in [3.05, 3.63) is 0 Å². The first kappa shape index (κ1) is 11.6. The number of rotatable bonds is 7. The standard InChI is InChI=1S/C9H17NOS/c1-2-3-8-12(11)9-6-4-5-7-10/h2-6,8-9H2,1H3. The zero-order chi connectivity index (χ0) is 9.23. The SMILES string of the molecule is CCCCS(=O)CCCCC#N. The topological polar surface area (TPSA) is 40.9 Å². The summed E-state index contributed by atoms with van der Waals surface area (Å²) in [6.07, 6.45) is 4.61.